The van der Waals surface area contributed by atoms with Crippen molar-refractivity contribution in [1.29, 1.82) is 0 Å². The summed E-state index contributed by atoms with van der Waals surface area (Å²) in [5.41, 5.74) is 3.01. The molecule has 2 heterocycles. The highest BCUT2D eigenvalue weighted by molar-refractivity contribution is 7.91. The molecule has 7 atom stereocenters. The number of nitrogens with zero attached hydrogens (tertiary/aromatic N) is 2. The minimum absolute atomic E-state index is 0.115. The van der Waals surface area contributed by atoms with E-state index in [0.29, 0.717) is 53.7 Å². The van der Waals surface area contributed by atoms with Crippen LogP contribution in [-0.2, 0) is 27.1 Å². The Kier molecular flexibility index (Phi) is 18.1. The number of rotatable bonds is 17. The Balaban J connectivity index is 0.000000955. The molecule has 17 heteroatoms. The number of ether oxygens (including phenoxy) is 2. The van der Waals surface area contributed by atoms with Crippen molar-refractivity contribution in [3.05, 3.63) is 29.3 Å². The molecule has 3 aliphatic carbocycles. The van der Waals surface area contributed by atoms with E-state index in [4.69, 9.17) is 19.4 Å². The summed E-state index contributed by atoms with van der Waals surface area (Å²) in [5.74, 6) is -4.22. The number of hydrogen-bond acceptors (Lipinski definition) is 6. The van der Waals surface area contributed by atoms with Crippen molar-refractivity contribution in [3.63, 3.8) is 0 Å². The second kappa shape index (κ2) is 22.2. The van der Waals surface area contributed by atoms with Crippen LogP contribution in [0, 0.1) is 23.2 Å². The average Bonchev–Trinajstić information content (AvgIpc) is 3.87. The quantitative estimate of drug-likeness (QED) is 0.0943. The first kappa shape index (κ1) is 50.6. The molecule has 1 aromatic rings. The molecule has 0 radical (unpaired) electrons. The third-order valence-corrected chi connectivity index (χ3v) is 16.1. The number of benzene rings is 1. The van der Waals surface area contributed by atoms with E-state index in [-0.39, 0.29) is 17.3 Å². The fraction of sp³-hybridized carbons (Fsp3) is 0.822. The Morgan fingerprint density at radius 1 is 0.855 bits per heavy atom. The van der Waals surface area contributed by atoms with Gasteiger partial charge in [-0.25, -0.2) is 9.59 Å². The molecule has 0 aromatic heterocycles. The summed E-state index contributed by atoms with van der Waals surface area (Å²) in [7, 11) is 1.88. The van der Waals surface area contributed by atoms with Crippen LogP contribution >= 0.6 is 0 Å². The zero-order valence-corrected chi connectivity index (χ0v) is 37.0. The highest BCUT2D eigenvalue weighted by Crippen LogP contribution is 2.63. The molecule has 1 N–H and O–H groups in total. The summed E-state index contributed by atoms with van der Waals surface area (Å²) in [6, 6.07) is 7.05. The van der Waals surface area contributed by atoms with Crippen molar-refractivity contribution < 1.29 is 63.8 Å². The van der Waals surface area contributed by atoms with Gasteiger partial charge in [0.1, 0.15) is 17.3 Å². The molecule has 0 bridgehead atoms. The lowest BCUT2D eigenvalue weighted by atomic mass is 9.52. The molecule has 2 aliphatic heterocycles. The van der Waals surface area contributed by atoms with Crippen LogP contribution in [0.2, 0.25) is 0 Å². The van der Waals surface area contributed by atoms with Crippen LogP contribution in [0.5, 0.6) is 5.75 Å². The number of carboxylic acids is 1. The van der Waals surface area contributed by atoms with Gasteiger partial charge in [-0.1, -0.05) is 56.3 Å². The third kappa shape index (κ3) is 13.1. The first-order valence-electron chi connectivity index (χ1n) is 22.7. The molecule has 5 aliphatic rings. The minimum Gasteiger partial charge on any atom is -0.616 e. The molecule has 6 rings (SSSR count). The Hall–Kier alpha value is -2.37. The summed E-state index contributed by atoms with van der Waals surface area (Å²) >= 11 is -1.37. The number of unbranched alkanes of at least 4 members (excludes halogenated alkanes) is 6. The van der Waals surface area contributed by atoms with Crippen LogP contribution in [0.1, 0.15) is 140 Å². The molecule has 4 fully saturated rings. The number of carbonyl (C=O) groups excluding carboxylic acids is 1. The zero-order chi connectivity index (χ0) is 45.3. The normalized spacial score (nSPS) is 27.5. The minimum atomic E-state index is -5.55. The van der Waals surface area contributed by atoms with E-state index >= 15 is 0 Å². The SMILES string of the molecule is CO[C@H]1CC[C@H]2[C@@H]3[C@H](CCCCCCCCC[S+]([O-])CCCC(F)(F)C(F)(F)F)Cc4cc(OC(=O)N5CCC(N6CCCC6)CC5)ccc4[C@H]3CC[C@]12C.O=C(O)C(F)(F)F. The number of halogens is 8. The first-order chi connectivity index (χ1) is 29.2. The molecular weight excluding hydrogens is 849 g/mol. The van der Waals surface area contributed by atoms with Gasteiger partial charge in [0.25, 0.3) is 0 Å². The van der Waals surface area contributed by atoms with E-state index < -0.39 is 48.3 Å². The molecule has 2 saturated heterocycles. The van der Waals surface area contributed by atoms with Crippen LogP contribution in [0.25, 0.3) is 0 Å². The Morgan fingerprint density at radius 3 is 2.08 bits per heavy atom. The second-order valence-corrected chi connectivity index (χ2v) is 20.2. The predicted octanol–water partition coefficient (Wildman–Crippen LogP) is 11.3. The number of carbonyl (C=O) groups is 2. The van der Waals surface area contributed by atoms with Crippen molar-refractivity contribution in [2.45, 2.75) is 165 Å². The standard InChI is InChI=1S/C43H65F5N2O4S.C2HF3O2/c1-41-22-18-36-35-15-14-34(54-40(51)50-25-19-33(20-26-50)49-23-9-10-24-49)30-32(35)29-31(39(36)37(41)16-17-38(41)53-2)13-8-6-4-3-5-7-11-27-55(52)28-12-21-42(44,45)43(46,47)48;3-2(4,5)1(6)7/h14-15,30-31,33,36-39H,3-13,16-29H2,1-2H3;(H,6,7)/t31-,36-,37+,38+,39-,41+,55?;/m1./s1. The van der Waals surface area contributed by atoms with Crippen LogP contribution in [0.4, 0.5) is 39.9 Å². The van der Waals surface area contributed by atoms with Crippen molar-refractivity contribution in [3.8, 4) is 5.75 Å². The van der Waals surface area contributed by atoms with E-state index in [0.717, 1.165) is 83.7 Å². The Morgan fingerprint density at radius 2 is 1.47 bits per heavy atom. The van der Waals surface area contributed by atoms with Gasteiger partial charge < -0.3 is 28.9 Å². The van der Waals surface area contributed by atoms with E-state index in [1.54, 1.807) is 0 Å². The number of aliphatic carboxylic acids is 1. The Labute approximate surface area is 364 Å². The van der Waals surface area contributed by atoms with Crippen LogP contribution in [-0.4, -0.2) is 107 Å². The number of amides is 1. The van der Waals surface area contributed by atoms with Gasteiger partial charge in [0.15, 0.2) is 0 Å². The lowest BCUT2D eigenvalue weighted by Gasteiger charge is -2.53. The largest absolute Gasteiger partial charge is 0.616 e. The molecule has 62 heavy (non-hydrogen) atoms. The molecule has 0 spiro atoms. The van der Waals surface area contributed by atoms with Gasteiger partial charge in [0.05, 0.1) is 6.10 Å². The van der Waals surface area contributed by atoms with Gasteiger partial charge in [-0.2, -0.15) is 35.1 Å². The highest BCUT2D eigenvalue weighted by atomic mass is 32.2. The summed E-state index contributed by atoms with van der Waals surface area (Å²) in [5, 5.41) is 7.12. The molecular formula is C45H66F8N2O6S. The monoisotopic (exact) mass is 914 g/mol. The Bertz CT molecular complexity index is 1590. The first-order valence-corrected chi connectivity index (χ1v) is 24.2. The molecule has 1 aromatic carbocycles. The van der Waals surface area contributed by atoms with E-state index in [1.807, 2.05) is 18.1 Å². The lowest BCUT2D eigenvalue weighted by molar-refractivity contribution is -0.284. The fourth-order valence-electron chi connectivity index (χ4n) is 11.4. The van der Waals surface area contributed by atoms with Crippen molar-refractivity contribution in [1.82, 2.24) is 9.80 Å². The van der Waals surface area contributed by atoms with E-state index in [9.17, 15) is 44.5 Å². The molecule has 354 valence electrons. The van der Waals surface area contributed by atoms with E-state index in [1.165, 1.54) is 56.3 Å². The topological polar surface area (TPSA) is 102 Å². The number of piperidine rings is 1. The summed E-state index contributed by atoms with van der Waals surface area (Å²) in [6.07, 6.45) is 6.33. The number of carboxylic acid groups (broad SMARTS) is 1. The van der Waals surface area contributed by atoms with Gasteiger partial charge in [-0.3, -0.25) is 0 Å². The smallest absolute Gasteiger partial charge is 0.490 e. The zero-order valence-electron chi connectivity index (χ0n) is 36.2. The summed E-state index contributed by atoms with van der Waals surface area (Å²) in [4.78, 5) is 26.7. The molecule has 1 unspecified atom stereocenters. The maximum absolute atomic E-state index is 13.3. The van der Waals surface area contributed by atoms with Gasteiger partial charge in [0.2, 0.25) is 0 Å². The van der Waals surface area contributed by atoms with Gasteiger partial charge >= 0.3 is 30.3 Å². The fourth-order valence-corrected chi connectivity index (χ4v) is 12.6. The number of likely N-dealkylation sites (tertiary alicyclic amines) is 2. The predicted molar refractivity (Wildman–Crippen MR) is 221 cm³/mol. The summed E-state index contributed by atoms with van der Waals surface area (Å²) in [6.45, 7) is 6.35. The maximum atomic E-state index is 13.3. The molecule has 1 amide bonds. The van der Waals surface area contributed by atoms with Crippen LogP contribution in [0.3, 0.4) is 0 Å². The van der Waals surface area contributed by atoms with Gasteiger partial charge in [0, 0.05) is 32.7 Å². The lowest BCUT2D eigenvalue weighted by Crippen LogP contribution is -2.47. The maximum Gasteiger partial charge on any atom is 0.490 e. The van der Waals surface area contributed by atoms with Gasteiger partial charge in [-0.05, 0) is 149 Å². The number of methoxy groups -OCH3 is 1. The molecule has 8 nitrogen and oxygen atoms in total. The number of alkyl halides is 8. The average molecular weight is 915 g/mol. The molecule has 2 saturated carbocycles. The summed E-state index contributed by atoms with van der Waals surface area (Å²) < 4.78 is 119. The number of fused-ring (bicyclic) bond motifs is 5. The van der Waals surface area contributed by atoms with Crippen LogP contribution in [0.15, 0.2) is 18.2 Å². The third-order valence-electron chi connectivity index (χ3n) is 14.6. The highest BCUT2D eigenvalue weighted by Gasteiger charge is 2.58. The van der Waals surface area contributed by atoms with Crippen LogP contribution < -0.4 is 4.74 Å². The van der Waals surface area contributed by atoms with Crippen molar-refractivity contribution >= 4 is 23.2 Å². The van der Waals surface area contributed by atoms with E-state index in [2.05, 4.69) is 24.0 Å². The second-order valence-electron chi connectivity index (χ2n) is 18.5. The van der Waals surface area contributed by atoms with Crippen molar-refractivity contribution in [2.75, 3.05) is 44.8 Å². The van der Waals surface area contributed by atoms with Crippen molar-refractivity contribution in [2.24, 2.45) is 23.2 Å². The number of hydrogen-bond donors (Lipinski definition) is 1. The van der Waals surface area contributed by atoms with Gasteiger partial charge in [-0.15, -0.1) is 0 Å².